The molecule has 5 nitrogen and oxygen atoms in total. The van der Waals surface area contributed by atoms with E-state index < -0.39 is 0 Å². The Morgan fingerprint density at radius 1 is 1.07 bits per heavy atom. The fourth-order valence-corrected chi connectivity index (χ4v) is 7.89. The van der Waals surface area contributed by atoms with Crippen molar-refractivity contribution in [2.75, 3.05) is 26.2 Å². The van der Waals surface area contributed by atoms with Gasteiger partial charge in [0, 0.05) is 37.5 Å². The Balaban J connectivity index is 1.01. The number of hydrogen-bond acceptors (Lipinski definition) is 4. The van der Waals surface area contributed by atoms with E-state index in [0.717, 1.165) is 43.8 Å². The van der Waals surface area contributed by atoms with Gasteiger partial charge in [0.1, 0.15) is 0 Å². The van der Waals surface area contributed by atoms with Crippen LogP contribution < -0.4 is 10.6 Å². The summed E-state index contributed by atoms with van der Waals surface area (Å²) >= 11 is 1.85. The third-order valence-electron chi connectivity index (χ3n) is 7.78. The fraction of sp³-hybridized carbons (Fsp3) is 0.739. The summed E-state index contributed by atoms with van der Waals surface area (Å²) in [6, 6.07) is 2.21. The Morgan fingerprint density at radius 2 is 1.79 bits per heavy atom. The van der Waals surface area contributed by atoms with Gasteiger partial charge in [0.05, 0.1) is 6.54 Å². The van der Waals surface area contributed by atoms with Crippen molar-refractivity contribution >= 4 is 23.2 Å². The third-order valence-corrected chi connectivity index (χ3v) is 8.81. The molecule has 0 saturated heterocycles. The van der Waals surface area contributed by atoms with Gasteiger partial charge in [0.15, 0.2) is 0 Å². The fourth-order valence-electron chi connectivity index (χ4n) is 7.00. The number of thiophene rings is 1. The maximum atomic E-state index is 12.5. The van der Waals surface area contributed by atoms with Gasteiger partial charge >= 0.3 is 0 Å². The third kappa shape index (κ3) is 4.38. The molecule has 29 heavy (non-hydrogen) atoms. The molecule has 6 rings (SSSR count). The van der Waals surface area contributed by atoms with Crippen molar-refractivity contribution in [3.63, 3.8) is 0 Å². The van der Waals surface area contributed by atoms with E-state index in [-0.39, 0.29) is 23.8 Å². The van der Waals surface area contributed by atoms with Gasteiger partial charge in [-0.2, -0.15) is 0 Å². The topological polar surface area (TPSA) is 61.4 Å². The molecule has 2 N–H and O–H groups in total. The summed E-state index contributed by atoms with van der Waals surface area (Å²) in [5.41, 5.74) is 1.67. The molecule has 0 spiro atoms. The molecule has 6 heteroatoms. The van der Waals surface area contributed by atoms with Crippen LogP contribution in [-0.4, -0.2) is 42.9 Å². The molecule has 0 atom stereocenters. The van der Waals surface area contributed by atoms with Gasteiger partial charge in [-0.1, -0.05) is 0 Å². The van der Waals surface area contributed by atoms with E-state index >= 15 is 0 Å². The molecule has 4 aliphatic carbocycles. The van der Waals surface area contributed by atoms with Gasteiger partial charge < -0.3 is 10.6 Å². The zero-order valence-corrected chi connectivity index (χ0v) is 18.1. The van der Waals surface area contributed by atoms with Crippen molar-refractivity contribution in [1.29, 1.82) is 0 Å². The number of rotatable bonds is 7. The molecule has 5 aliphatic rings. The van der Waals surface area contributed by atoms with E-state index in [1.807, 2.05) is 11.3 Å². The zero-order chi connectivity index (χ0) is 19.8. The normalized spacial score (nSPS) is 32.8. The van der Waals surface area contributed by atoms with Crippen LogP contribution in [0.15, 0.2) is 11.4 Å². The molecule has 2 amide bonds. The summed E-state index contributed by atoms with van der Waals surface area (Å²) in [6.45, 7) is 3.66. The molecule has 1 aromatic rings. The van der Waals surface area contributed by atoms with Crippen molar-refractivity contribution < 1.29 is 9.59 Å². The molecule has 1 aliphatic heterocycles. The van der Waals surface area contributed by atoms with Crippen LogP contribution in [0.25, 0.3) is 0 Å². The van der Waals surface area contributed by atoms with Crippen LogP contribution in [0.2, 0.25) is 0 Å². The number of hydrogen-bond donors (Lipinski definition) is 2. The SMILES string of the molecule is O=C(CNC(=O)CC12CC3CC(CC(C3)C1)C2)NCCN1CCc2sccc2C1. The molecule has 4 saturated carbocycles. The highest BCUT2D eigenvalue weighted by molar-refractivity contribution is 7.10. The number of carbonyl (C=O) groups excluding carboxylic acids is 2. The van der Waals surface area contributed by atoms with Crippen molar-refractivity contribution in [3.05, 3.63) is 21.9 Å². The van der Waals surface area contributed by atoms with Crippen LogP contribution in [0.1, 0.15) is 55.4 Å². The molecule has 4 fully saturated rings. The standard InChI is InChI=1S/C23H33N3O2S/c27-21(13-23-10-16-7-17(11-23)9-18(8-16)12-23)25-14-22(28)24-3-5-26-4-1-20-19(15-26)2-6-29-20/h2,6,16-18H,1,3-5,7-15H2,(H,24,28)(H,25,27). The predicted octanol–water partition coefficient (Wildman–Crippen LogP) is 2.95. The summed E-state index contributed by atoms with van der Waals surface area (Å²) in [5.74, 6) is 2.58. The molecular formula is C23H33N3O2S. The van der Waals surface area contributed by atoms with Gasteiger partial charge in [-0.25, -0.2) is 0 Å². The van der Waals surface area contributed by atoms with E-state index in [9.17, 15) is 9.59 Å². The minimum Gasteiger partial charge on any atom is -0.353 e. The van der Waals surface area contributed by atoms with E-state index in [4.69, 9.17) is 0 Å². The zero-order valence-electron chi connectivity index (χ0n) is 17.3. The first-order valence-corrected chi connectivity index (χ1v) is 12.3. The molecule has 1 aromatic heterocycles. The van der Waals surface area contributed by atoms with Gasteiger partial charge in [-0.15, -0.1) is 11.3 Å². The summed E-state index contributed by atoms with van der Waals surface area (Å²) < 4.78 is 0. The lowest BCUT2D eigenvalue weighted by atomic mass is 9.49. The van der Waals surface area contributed by atoms with Crippen molar-refractivity contribution in [1.82, 2.24) is 15.5 Å². The Kier molecular flexibility index (Phi) is 5.41. The number of amides is 2. The highest BCUT2D eigenvalue weighted by atomic mass is 32.1. The first-order chi connectivity index (χ1) is 14.1. The average Bonchev–Trinajstić information content (AvgIpc) is 3.13. The molecule has 4 bridgehead atoms. The Morgan fingerprint density at radius 3 is 2.52 bits per heavy atom. The maximum Gasteiger partial charge on any atom is 0.239 e. The van der Waals surface area contributed by atoms with E-state index in [1.54, 1.807) is 0 Å². The summed E-state index contributed by atoms with van der Waals surface area (Å²) in [7, 11) is 0. The molecule has 0 radical (unpaired) electrons. The summed E-state index contributed by atoms with van der Waals surface area (Å²) in [6.07, 6.45) is 9.64. The second kappa shape index (κ2) is 8.03. The van der Waals surface area contributed by atoms with Crippen LogP contribution in [0.5, 0.6) is 0 Å². The first kappa shape index (κ1) is 19.6. The number of fused-ring (bicyclic) bond motifs is 1. The smallest absolute Gasteiger partial charge is 0.239 e. The molecule has 0 aromatic carbocycles. The minimum absolute atomic E-state index is 0.0721. The molecule has 2 heterocycles. The largest absolute Gasteiger partial charge is 0.353 e. The second-order valence-corrected chi connectivity index (χ2v) is 11.1. The lowest BCUT2D eigenvalue weighted by Gasteiger charge is -2.56. The van der Waals surface area contributed by atoms with Gasteiger partial charge in [0.2, 0.25) is 11.8 Å². The number of nitrogens with zero attached hydrogens (tertiary/aromatic N) is 1. The van der Waals surface area contributed by atoms with Crippen LogP contribution >= 0.6 is 11.3 Å². The monoisotopic (exact) mass is 415 g/mol. The molecule has 158 valence electrons. The molecular weight excluding hydrogens is 382 g/mol. The maximum absolute atomic E-state index is 12.5. The molecule has 0 unspecified atom stereocenters. The second-order valence-electron chi connectivity index (χ2n) is 10.1. The Bertz CT molecular complexity index is 739. The lowest BCUT2D eigenvalue weighted by molar-refractivity contribution is -0.131. The number of carbonyl (C=O) groups is 2. The van der Waals surface area contributed by atoms with Crippen LogP contribution in [0.3, 0.4) is 0 Å². The van der Waals surface area contributed by atoms with E-state index in [0.29, 0.717) is 13.0 Å². The van der Waals surface area contributed by atoms with Gasteiger partial charge in [-0.3, -0.25) is 14.5 Å². The van der Waals surface area contributed by atoms with Gasteiger partial charge in [-0.05, 0) is 85.1 Å². The van der Waals surface area contributed by atoms with E-state index in [1.165, 1.54) is 49.0 Å². The van der Waals surface area contributed by atoms with Crippen LogP contribution in [-0.2, 0) is 22.6 Å². The highest BCUT2D eigenvalue weighted by Crippen LogP contribution is 2.61. The predicted molar refractivity (Wildman–Crippen MR) is 115 cm³/mol. The van der Waals surface area contributed by atoms with E-state index in [2.05, 4.69) is 27.0 Å². The van der Waals surface area contributed by atoms with Gasteiger partial charge in [0.25, 0.3) is 0 Å². The summed E-state index contributed by atoms with van der Waals surface area (Å²) in [4.78, 5) is 28.6. The van der Waals surface area contributed by atoms with Crippen molar-refractivity contribution in [3.8, 4) is 0 Å². The number of nitrogens with one attached hydrogen (secondary N) is 2. The van der Waals surface area contributed by atoms with Crippen LogP contribution in [0, 0.1) is 23.2 Å². The minimum atomic E-state index is -0.0721. The Labute approximate surface area is 177 Å². The van der Waals surface area contributed by atoms with Crippen molar-refractivity contribution in [2.24, 2.45) is 23.2 Å². The van der Waals surface area contributed by atoms with Crippen molar-refractivity contribution in [2.45, 2.75) is 57.9 Å². The Hall–Kier alpha value is -1.40. The average molecular weight is 416 g/mol. The summed E-state index contributed by atoms with van der Waals surface area (Å²) in [5, 5.41) is 8.03. The highest BCUT2D eigenvalue weighted by Gasteiger charge is 2.51. The first-order valence-electron chi connectivity index (χ1n) is 11.4. The quantitative estimate of drug-likeness (QED) is 0.720. The lowest BCUT2D eigenvalue weighted by Crippen LogP contribution is -2.48. The van der Waals surface area contributed by atoms with Crippen LogP contribution in [0.4, 0.5) is 0 Å².